The quantitative estimate of drug-likeness (QED) is 0.731. The normalized spacial score (nSPS) is 17.4. The van der Waals surface area contributed by atoms with E-state index in [1.165, 1.54) is 25.8 Å². The van der Waals surface area contributed by atoms with Crippen molar-refractivity contribution in [2.24, 2.45) is 0 Å². The standard InChI is InChI=1S/C16H28N4/c1-19(2)16(8-6-9-16)14-20(3)12-11-17-13-15-7-4-5-10-18-15/h4-5,7,10,17H,6,8-9,11-14H2,1-3H3. The van der Waals surface area contributed by atoms with Gasteiger partial charge in [-0.15, -0.1) is 0 Å². The molecule has 0 radical (unpaired) electrons. The zero-order valence-electron chi connectivity index (χ0n) is 13.1. The number of hydrogen-bond acceptors (Lipinski definition) is 4. The van der Waals surface area contributed by atoms with E-state index in [1.54, 1.807) is 0 Å². The van der Waals surface area contributed by atoms with Crippen LogP contribution in [0.3, 0.4) is 0 Å². The van der Waals surface area contributed by atoms with Crippen LogP contribution in [0.1, 0.15) is 25.0 Å². The summed E-state index contributed by atoms with van der Waals surface area (Å²) in [5.74, 6) is 0. The molecule has 0 unspecified atom stereocenters. The fourth-order valence-corrected chi connectivity index (χ4v) is 2.90. The van der Waals surface area contributed by atoms with Crippen molar-refractivity contribution in [3.8, 4) is 0 Å². The van der Waals surface area contributed by atoms with Gasteiger partial charge >= 0.3 is 0 Å². The molecule has 1 N–H and O–H groups in total. The summed E-state index contributed by atoms with van der Waals surface area (Å²) in [7, 11) is 6.66. The van der Waals surface area contributed by atoms with Crippen LogP contribution in [0.4, 0.5) is 0 Å². The van der Waals surface area contributed by atoms with Gasteiger partial charge < -0.3 is 15.1 Å². The number of aromatic nitrogens is 1. The Morgan fingerprint density at radius 3 is 2.60 bits per heavy atom. The highest BCUT2D eigenvalue weighted by Gasteiger charge is 2.39. The molecule has 0 saturated heterocycles. The van der Waals surface area contributed by atoms with Gasteiger partial charge in [0.15, 0.2) is 0 Å². The number of nitrogens with one attached hydrogen (secondary N) is 1. The molecule has 1 fully saturated rings. The van der Waals surface area contributed by atoms with Crippen LogP contribution in [0.5, 0.6) is 0 Å². The number of rotatable bonds is 8. The van der Waals surface area contributed by atoms with E-state index in [2.05, 4.69) is 47.3 Å². The lowest BCUT2D eigenvalue weighted by molar-refractivity contribution is 0.0282. The van der Waals surface area contributed by atoms with Crippen molar-refractivity contribution in [3.63, 3.8) is 0 Å². The molecule has 1 aliphatic rings. The van der Waals surface area contributed by atoms with E-state index >= 15 is 0 Å². The minimum Gasteiger partial charge on any atom is -0.310 e. The topological polar surface area (TPSA) is 31.4 Å². The highest BCUT2D eigenvalue weighted by Crippen LogP contribution is 2.36. The van der Waals surface area contributed by atoms with Crippen LogP contribution >= 0.6 is 0 Å². The van der Waals surface area contributed by atoms with Gasteiger partial charge in [0.25, 0.3) is 0 Å². The van der Waals surface area contributed by atoms with Gasteiger partial charge in [0, 0.05) is 37.9 Å². The Hall–Kier alpha value is -0.970. The first kappa shape index (κ1) is 15.4. The molecule has 112 valence electrons. The van der Waals surface area contributed by atoms with Crippen LogP contribution in [-0.2, 0) is 6.54 Å². The largest absolute Gasteiger partial charge is 0.310 e. The molecule has 1 aliphatic carbocycles. The molecule has 1 saturated carbocycles. The third-order valence-electron chi connectivity index (χ3n) is 4.50. The van der Waals surface area contributed by atoms with Crippen molar-refractivity contribution in [3.05, 3.63) is 30.1 Å². The summed E-state index contributed by atoms with van der Waals surface area (Å²) in [6.07, 6.45) is 5.90. The Labute approximate surface area is 123 Å². The minimum atomic E-state index is 0.426. The zero-order valence-corrected chi connectivity index (χ0v) is 13.1. The lowest BCUT2D eigenvalue weighted by atomic mass is 9.75. The predicted octanol–water partition coefficient (Wildman–Crippen LogP) is 1.59. The number of likely N-dealkylation sites (N-methyl/N-ethyl adjacent to an activating group) is 2. The molecule has 1 heterocycles. The Morgan fingerprint density at radius 2 is 2.05 bits per heavy atom. The first-order valence-electron chi connectivity index (χ1n) is 7.59. The first-order valence-corrected chi connectivity index (χ1v) is 7.59. The number of pyridine rings is 1. The molecule has 2 rings (SSSR count). The summed E-state index contributed by atoms with van der Waals surface area (Å²) < 4.78 is 0. The molecule has 20 heavy (non-hydrogen) atoms. The van der Waals surface area contributed by atoms with E-state index in [1.807, 2.05) is 18.3 Å². The summed E-state index contributed by atoms with van der Waals surface area (Å²) in [6, 6.07) is 6.05. The Kier molecular flexibility index (Phi) is 5.52. The molecule has 0 aromatic carbocycles. The maximum absolute atomic E-state index is 4.32. The van der Waals surface area contributed by atoms with Crippen molar-refractivity contribution < 1.29 is 0 Å². The van der Waals surface area contributed by atoms with Crippen molar-refractivity contribution in [1.29, 1.82) is 0 Å². The number of nitrogens with zero attached hydrogens (tertiary/aromatic N) is 3. The second-order valence-corrected chi connectivity index (χ2v) is 6.21. The van der Waals surface area contributed by atoms with E-state index in [0.717, 1.165) is 25.3 Å². The van der Waals surface area contributed by atoms with E-state index in [-0.39, 0.29) is 0 Å². The van der Waals surface area contributed by atoms with Crippen LogP contribution in [0.2, 0.25) is 0 Å². The maximum Gasteiger partial charge on any atom is 0.0541 e. The fourth-order valence-electron chi connectivity index (χ4n) is 2.90. The highest BCUT2D eigenvalue weighted by atomic mass is 15.2. The van der Waals surface area contributed by atoms with Crippen molar-refractivity contribution >= 4 is 0 Å². The first-order chi connectivity index (χ1) is 9.62. The van der Waals surface area contributed by atoms with Crippen LogP contribution in [0, 0.1) is 0 Å². The lowest BCUT2D eigenvalue weighted by Gasteiger charge is -2.49. The van der Waals surface area contributed by atoms with Crippen LogP contribution in [-0.4, -0.2) is 61.1 Å². The summed E-state index contributed by atoms with van der Waals surface area (Å²) in [6.45, 7) is 4.12. The van der Waals surface area contributed by atoms with Crippen molar-refractivity contribution in [1.82, 2.24) is 20.1 Å². The molecular weight excluding hydrogens is 248 g/mol. The van der Waals surface area contributed by atoms with E-state index in [4.69, 9.17) is 0 Å². The molecule has 0 spiro atoms. The molecule has 0 bridgehead atoms. The third kappa shape index (κ3) is 4.01. The van der Waals surface area contributed by atoms with E-state index in [9.17, 15) is 0 Å². The average Bonchev–Trinajstić information content (AvgIpc) is 2.40. The molecule has 0 aliphatic heterocycles. The van der Waals surface area contributed by atoms with Gasteiger partial charge in [0.2, 0.25) is 0 Å². The van der Waals surface area contributed by atoms with E-state index in [0.29, 0.717) is 5.54 Å². The van der Waals surface area contributed by atoms with Gasteiger partial charge in [-0.1, -0.05) is 6.07 Å². The minimum absolute atomic E-state index is 0.426. The van der Waals surface area contributed by atoms with Gasteiger partial charge in [-0.2, -0.15) is 0 Å². The molecule has 0 atom stereocenters. The molecule has 1 aromatic rings. The van der Waals surface area contributed by atoms with Crippen LogP contribution < -0.4 is 5.32 Å². The summed E-state index contributed by atoms with van der Waals surface area (Å²) in [5, 5.41) is 3.47. The smallest absolute Gasteiger partial charge is 0.0541 e. The second-order valence-electron chi connectivity index (χ2n) is 6.21. The van der Waals surface area contributed by atoms with E-state index < -0.39 is 0 Å². The summed E-state index contributed by atoms with van der Waals surface area (Å²) in [4.78, 5) is 9.18. The number of hydrogen-bond donors (Lipinski definition) is 1. The lowest BCUT2D eigenvalue weighted by Crippen LogP contribution is -2.57. The maximum atomic E-state index is 4.32. The van der Waals surface area contributed by atoms with Gasteiger partial charge in [-0.25, -0.2) is 0 Å². The monoisotopic (exact) mass is 276 g/mol. The van der Waals surface area contributed by atoms with Gasteiger partial charge in [-0.3, -0.25) is 4.98 Å². The summed E-state index contributed by atoms with van der Waals surface area (Å²) in [5.41, 5.74) is 1.54. The van der Waals surface area contributed by atoms with Crippen LogP contribution in [0.15, 0.2) is 24.4 Å². The predicted molar refractivity (Wildman–Crippen MR) is 83.7 cm³/mol. The third-order valence-corrected chi connectivity index (χ3v) is 4.50. The Bertz CT molecular complexity index is 387. The fraction of sp³-hybridized carbons (Fsp3) is 0.688. The van der Waals surface area contributed by atoms with Crippen molar-refractivity contribution in [2.75, 3.05) is 40.8 Å². The molecule has 4 nitrogen and oxygen atoms in total. The average molecular weight is 276 g/mol. The second kappa shape index (κ2) is 7.16. The zero-order chi connectivity index (χ0) is 14.4. The SMILES string of the molecule is CN(CCNCc1ccccn1)CC1(N(C)C)CCC1. The summed E-state index contributed by atoms with van der Waals surface area (Å²) >= 11 is 0. The Morgan fingerprint density at radius 1 is 1.25 bits per heavy atom. The molecule has 1 aromatic heterocycles. The molecule has 4 heteroatoms. The van der Waals surface area contributed by atoms with Gasteiger partial charge in [0.05, 0.1) is 5.69 Å². The van der Waals surface area contributed by atoms with Crippen LogP contribution in [0.25, 0.3) is 0 Å². The molecule has 0 amide bonds. The highest BCUT2D eigenvalue weighted by molar-refractivity contribution is 5.03. The molecular formula is C16H28N4. The van der Waals surface area contributed by atoms with Gasteiger partial charge in [-0.05, 0) is 52.5 Å². The van der Waals surface area contributed by atoms with Gasteiger partial charge in [0.1, 0.15) is 0 Å². The van der Waals surface area contributed by atoms with Crippen molar-refractivity contribution in [2.45, 2.75) is 31.3 Å². The Balaban J connectivity index is 1.64.